The van der Waals surface area contributed by atoms with Crippen LogP contribution in [0.5, 0.6) is 5.75 Å². The minimum Gasteiger partial charge on any atom is -0.486 e. The molecule has 1 unspecified atom stereocenters. The highest BCUT2D eigenvalue weighted by Crippen LogP contribution is 2.40. The maximum Gasteiger partial charge on any atom is 0.303 e. The van der Waals surface area contributed by atoms with E-state index in [0.717, 1.165) is 11.1 Å². The lowest BCUT2D eigenvalue weighted by Crippen LogP contribution is -2.40. The Bertz CT molecular complexity index is 594. The SMILES string of the molecule is Cc1cc2c(c(C)c1Cl)C(=O)CC(C)(CCC(=O)O)O2. The van der Waals surface area contributed by atoms with Crippen LogP contribution in [-0.2, 0) is 4.79 Å². The molecule has 1 heterocycles. The van der Waals surface area contributed by atoms with Crippen molar-refractivity contribution >= 4 is 23.4 Å². The van der Waals surface area contributed by atoms with Crippen molar-refractivity contribution in [2.24, 2.45) is 0 Å². The average molecular weight is 297 g/mol. The van der Waals surface area contributed by atoms with Crippen molar-refractivity contribution in [1.82, 2.24) is 0 Å². The minimum atomic E-state index is -0.892. The van der Waals surface area contributed by atoms with E-state index < -0.39 is 11.6 Å². The first-order valence-electron chi connectivity index (χ1n) is 6.47. The van der Waals surface area contributed by atoms with Gasteiger partial charge in [-0.15, -0.1) is 0 Å². The van der Waals surface area contributed by atoms with Crippen LogP contribution in [0.4, 0.5) is 0 Å². The molecule has 1 aliphatic heterocycles. The molecule has 0 saturated carbocycles. The van der Waals surface area contributed by atoms with Gasteiger partial charge in [-0.2, -0.15) is 0 Å². The van der Waals surface area contributed by atoms with Gasteiger partial charge in [0.2, 0.25) is 0 Å². The van der Waals surface area contributed by atoms with Gasteiger partial charge in [-0.1, -0.05) is 11.6 Å². The maximum atomic E-state index is 12.3. The molecule has 20 heavy (non-hydrogen) atoms. The highest BCUT2D eigenvalue weighted by molar-refractivity contribution is 6.32. The number of carbonyl (C=O) groups is 2. The molecule has 0 amide bonds. The van der Waals surface area contributed by atoms with Crippen LogP contribution in [-0.4, -0.2) is 22.5 Å². The zero-order valence-electron chi connectivity index (χ0n) is 11.7. The van der Waals surface area contributed by atoms with Gasteiger partial charge >= 0.3 is 5.97 Å². The summed E-state index contributed by atoms with van der Waals surface area (Å²) >= 11 is 6.17. The molecule has 0 spiro atoms. The van der Waals surface area contributed by atoms with Crippen LogP contribution in [0.1, 0.15) is 47.7 Å². The van der Waals surface area contributed by atoms with E-state index in [9.17, 15) is 9.59 Å². The van der Waals surface area contributed by atoms with Crippen molar-refractivity contribution in [3.63, 3.8) is 0 Å². The second-order valence-corrected chi connectivity index (χ2v) is 5.93. The van der Waals surface area contributed by atoms with Gasteiger partial charge in [-0.25, -0.2) is 0 Å². The third-order valence-corrected chi connectivity index (χ3v) is 4.26. The van der Waals surface area contributed by atoms with Gasteiger partial charge < -0.3 is 9.84 Å². The molecular weight excluding hydrogens is 280 g/mol. The summed E-state index contributed by atoms with van der Waals surface area (Å²) in [5, 5.41) is 9.36. The van der Waals surface area contributed by atoms with E-state index in [1.165, 1.54) is 0 Å². The van der Waals surface area contributed by atoms with Crippen LogP contribution < -0.4 is 4.74 Å². The number of ether oxygens (including phenoxy) is 1. The van der Waals surface area contributed by atoms with Crippen LogP contribution in [0.15, 0.2) is 6.07 Å². The topological polar surface area (TPSA) is 63.6 Å². The summed E-state index contributed by atoms with van der Waals surface area (Å²) < 4.78 is 5.91. The Balaban J connectivity index is 2.39. The van der Waals surface area contributed by atoms with Gasteiger partial charge in [-0.3, -0.25) is 9.59 Å². The monoisotopic (exact) mass is 296 g/mol. The van der Waals surface area contributed by atoms with Gasteiger partial charge in [0, 0.05) is 11.4 Å². The Morgan fingerprint density at radius 1 is 1.50 bits per heavy atom. The van der Waals surface area contributed by atoms with E-state index in [2.05, 4.69) is 0 Å². The zero-order valence-corrected chi connectivity index (χ0v) is 12.5. The molecule has 1 aromatic rings. The Morgan fingerprint density at radius 2 is 2.15 bits per heavy atom. The number of carboxylic acids is 1. The number of halogens is 1. The number of carbonyl (C=O) groups excluding carboxylic acids is 1. The van der Waals surface area contributed by atoms with Gasteiger partial charge in [0.1, 0.15) is 11.4 Å². The number of aryl methyl sites for hydroxylation is 1. The van der Waals surface area contributed by atoms with Gasteiger partial charge in [0.15, 0.2) is 5.78 Å². The molecule has 0 bridgehead atoms. The van der Waals surface area contributed by atoms with Crippen LogP contribution >= 0.6 is 11.6 Å². The fourth-order valence-electron chi connectivity index (χ4n) is 2.59. The first-order chi connectivity index (χ1) is 9.23. The first-order valence-corrected chi connectivity index (χ1v) is 6.85. The van der Waals surface area contributed by atoms with Crippen molar-refractivity contribution < 1.29 is 19.4 Å². The Labute approximate surface area is 122 Å². The molecule has 0 aliphatic carbocycles. The summed E-state index contributed by atoms with van der Waals surface area (Å²) in [5.41, 5.74) is 1.33. The normalized spacial score (nSPS) is 21.3. The summed E-state index contributed by atoms with van der Waals surface area (Å²) in [4.78, 5) is 23.1. The molecule has 4 nitrogen and oxygen atoms in total. The van der Waals surface area contributed by atoms with E-state index in [0.29, 0.717) is 22.8 Å². The lowest BCUT2D eigenvalue weighted by Gasteiger charge is -2.35. The molecule has 2 rings (SSSR count). The molecule has 1 aromatic carbocycles. The van der Waals surface area contributed by atoms with Crippen molar-refractivity contribution in [3.05, 3.63) is 27.8 Å². The van der Waals surface area contributed by atoms with E-state index in [-0.39, 0.29) is 18.6 Å². The fourth-order valence-corrected chi connectivity index (χ4v) is 2.74. The highest BCUT2D eigenvalue weighted by Gasteiger charge is 2.38. The van der Waals surface area contributed by atoms with Gasteiger partial charge in [-0.05, 0) is 44.4 Å². The quantitative estimate of drug-likeness (QED) is 0.926. The number of aliphatic carboxylic acids is 1. The summed E-state index contributed by atoms with van der Waals surface area (Å²) in [5.74, 6) is -0.427. The highest BCUT2D eigenvalue weighted by atomic mass is 35.5. The molecule has 5 heteroatoms. The van der Waals surface area contributed by atoms with Crippen molar-refractivity contribution in [1.29, 1.82) is 0 Å². The second kappa shape index (κ2) is 5.09. The molecule has 0 fully saturated rings. The van der Waals surface area contributed by atoms with Crippen LogP contribution in [0.2, 0.25) is 5.02 Å². The number of hydrogen-bond donors (Lipinski definition) is 1. The predicted molar refractivity (Wildman–Crippen MR) is 75.8 cm³/mol. The van der Waals surface area contributed by atoms with Crippen molar-refractivity contribution in [2.75, 3.05) is 0 Å². The number of Topliss-reactive ketones (excluding diaryl/α,β-unsaturated/α-hetero) is 1. The van der Waals surface area contributed by atoms with E-state index in [1.807, 2.05) is 6.92 Å². The first kappa shape index (κ1) is 14.9. The lowest BCUT2D eigenvalue weighted by atomic mass is 9.86. The molecule has 1 N–H and O–H groups in total. The maximum absolute atomic E-state index is 12.3. The summed E-state index contributed by atoms with van der Waals surface area (Å²) in [6.45, 7) is 5.43. The van der Waals surface area contributed by atoms with E-state index >= 15 is 0 Å². The Hall–Kier alpha value is -1.55. The lowest BCUT2D eigenvalue weighted by molar-refractivity contribution is -0.138. The van der Waals surface area contributed by atoms with Crippen molar-refractivity contribution in [3.8, 4) is 5.75 Å². The molecule has 0 radical (unpaired) electrons. The Kier molecular flexibility index (Phi) is 3.78. The molecule has 1 aliphatic rings. The summed E-state index contributed by atoms with van der Waals surface area (Å²) in [6, 6.07) is 1.75. The number of benzene rings is 1. The standard InChI is InChI=1S/C15H17ClO4/c1-8-6-11-13(9(2)14(8)16)10(17)7-15(3,20-11)5-4-12(18)19/h6H,4-5,7H2,1-3H3,(H,18,19). The largest absolute Gasteiger partial charge is 0.486 e. The summed E-state index contributed by atoms with van der Waals surface area (Å²) in [6.07, 6.45) is 0.451. The number of carboxylic acid groups (broad SMARTS) is 1. The fraction of sp³-hybridized carbons (Fsp3) is 0.467. The predicted octanol–water partition coefficient (Wildman–Crippen LogP) is 3.55. The number of ketones is 1. The zero-order chi connectivity index (χ0) is 15.1. The molecule has 108 valence electrons. The number of hydrogen-bond acceptors (Lipinski definition) is 3. The average Bonchev–Trinajstić information content (AvgIpc) is 2.33. The van der Waals surface area contributed by atoms with Gasteiger partial charge in [0.05, 0.1) is 12.0 Å². The van der Waals surface area contributed by atoms with Crippen LogP contribution in [0.3, 0.4) is 0 Å². The molecule has 1 atom stereocenters. The second-order valence-electron chi connectivity index (χ2n) is 5.55. The molecule has 0 aromatic heterocycles. The Morgan fingerprint density at radius 3 is 2.75 bits per heavy atom. The number of fused-ring (bicyclic) bond motifs is 1. The minimum absolute atomic E-state index is 0.0231. The number of rotatable bonds is 3. The third-order valence-electron chi connectivity index (χ3n) is 3.68. The van der Waals surface area contributed by atoms with E-state index in [1.54, 1.807) is 19.9 Å². The van der Waals surface area contributed by atoms with Crippen LogP contribution in [0.25, 0.3) is 0 Å². The van der Waals surface area contributed by atoms with Crippen LogP contribution in [0, 0.1) is 13.8 Å². The van der Waals surface area contributed by atoms with Gasteiger partial charge in [0.25, 0.3) is 0 Å². The smallest absolute Gasteiger partial charge is 0.303 e. The van der Waals surface area contributed by atoms with Crippen molar-refractivity contribution in [2.45, 2.75) is 45.6 Å². The molecule has 0 saturated heterocycles. The summed E-state index contributed by atoms with van der Waals surface area (Å²) in [7, 11) is 0. The third kappa shape index (κ3) is 2.66. The molecular formula is C15H17ClO4. The van der Waals surface area contributed by atoms with E-state index in [4.69, 9.17) is 21.4 Å².